The molecule has 0 heterocycles. The van der Waals surface area contributed by atoms with E-state index in [-0.39, 0.29) is 11.4 Å². The topological polar surface area (TPSA) is 75.7 Å². The predicted octanol–water partition coefficient (Wildman–Crippen LogP) is 3.49. The Hall–Kier alpha value is -2.09. The number of halogens is 1. The summed E-state index contributed by atoms with van der Waals surface area (Å²) < 4.78 is 32.0. The average Bonchev–Trinajstić information content (AvgIpc) is 2.67. The van der Waals surface area contributed by atoms with Crippen molar-refractivity contribution < 1.29 is 17.9 Å². The third-order valence-corrected chi connectivity index (χ3v) is 6.86. The van der Waals surface area contributed by atoms with Crippen LogP contribution in [0.3, 0.4) is 0 Å². The van der Waals surface area contributed by atoms with Gasteiger partial charge < -0.3 is 10.1 Å². The molecule has 1 N–H and O–H groups in total. The van der Waals surface area contributed by atoms with E-state index in [1.54, 1.807) is 30.3 Å². The van der Waals surface area contributed by atoms with Crippen molar-refractivity contribution >= 4 is 33.2 Å². The van der Waals surface area contributed by atoms with Gasteiger partial charge in [0.1, 0.15) is 5.75 Å². The molecule has 1 aliphatic carbocycles. The summed E-state index contributed by atoms with van der Waals surface area (Å²) >= 11 is 5.96. The van der Waals surface area contributed by atoms with Crippen LogP contribution in [0, 0.1) is 0 Å². The van der Waals surface area contributed by atoms with Gasteiger partial charge in [-0.3, -0.25) is 4.79 Å². The number of ether oxygens (including phenoxy) is 1. The average molecular weight is 423 g/mol. The normalized spacial score (nSPS) is 13.9. The minimum Gasteiger partial charge on any atom is -0.495 e. The first-order valence-corrected chi connectivity index (χ1v) is 10.8. The van der Waals surface area contributed by atoms with Crippen LogP contribution in [0.2, 0.25) is 5.02 Å². The number of sulfonamides is 1. The zero-order valence-electron chi connectivity index (χ0n) is 15.9. The second-order valence-corrected chi connectivity index (χ2v) is 9.27. The van der Waals surface area contributed by atoms with Gasteiger partial charge in [-0.2, -0.15) is 4.31 Å². The Bertz CT molecular complexity index is 992. The van der Waals surface area contributed by atoms with Crippen LogP contribution in [-0.2, 0) is 27.7 Å². The van der Waals surface area contributed by atoms with Gasteiger partial charge in [-0.25, -0.2) is 8.42 Å². The van der Waals surface area contributed by atoms with Crippen molar-refractivity contribution in [3.63, 3.8) is 0 Å². The monoisotopic (exact) mass is 422 g/mol. The number of carbonyl (C=O) groups excluding carboxylic acids is 1. The lowest BCUT2D eigenvalue weighted by Gasteiger charge is -2.20. The van der Waals surface area contributed by atoms with Crippen LogP contribution in [-0.4, -0.2) is 39.3 Å². The third-order valence-electron chi connectivity index (χ3n) is 4.83. The highest BCUT2D eigenvalue weighted by Crippen LogP contribution is 2.28. The van der Waals surface area contributed by atoms with Crippen molar-refractivity contribution in [3.8, 4) is 5.75 Å². The summed E-state index contributed by atoms with van der Waals surface area (Å²) in [4.78, 5) is 12.6. The number of anilines is 1. The maximum Gasteiger partial charge on any atom is 0.243 e. The van der Waals surface area contributed by atoms with Gasteiger partial charge in [0.2, 0.25) is 15.9 Å². The zero-order valence-corrected chi connectivity index (χ0v) is 17.4. The van der Waals surface area contributed by atoms with Crippen LogP contribution < -0.4 is 10.1 Å². The maximum atomic E-state index is 12.9. The lowest BCUT2D eigenvalue weighted by molar-refractivity contribution is -0.116. The second-order valence-electron chi connectivity index (χ2n) is 6.79. The Morgan fingerprint density at radius 3 is 2.57 bits per heavy atom. The van der Waals surface area contributed by atoms with Gasteiger partial charge in [0, 0.05) is 12.1 Å². The lowest BCUT2D eigenvalue weighted by atomic mass is 9.92. The molecule has 1 aliphatic rings. The second kappa shape index (κ2) is 8.51. The number of likely N-dealkylation sites (N-methyl/N-ethyl adjacent to an activating group) is 1. The number of hydrogen-bond acceptors (Lipinski definition) is 4. The summed E-state index contributed by atoms with van der Waals surface area (Å²) in [6.07, 6.45) is 4.06. The third kappa shape index (κ3) is 4.48. The Labute approximate surface area is 170 Å². The van der Waals surface area contributed by atoms with Crippen LogP contribution >= 0.6 is 11.6 Å². The molecule has 3 rings (SSSR count). The predicted molar refractivity (Wildman–Crippen MR) is 110 cm³/mol. The van der Waals surface area contributed by atoms with Crippen molar-refractivity contribution in [3.05, 3.63) is 52.5 Å². The molecule has 2 aromatic rings. The van der Waals surface area contributed by atoms with Crippen LogP contribution in [0.25, 0.3) is 0 Å². The van der Waals surface area contributed by atoms with Crippen molar-refractivity contribution in [2.75, 3.05) is 26.0 Å². The number of methoxy groups -OCH3 is 1. The molecule has 6 nitrogen and oxygen atoms in total. The van der Waals surface area contributed by atoms with Gasteiger partial charge >= 0.3 is 0 Å². The van der Waals surface area contributed by atoms with E-state index in [0.29, 0.717) is 16.5 Å². The zero-order chi connectivity index (χ0) is 20.3. The van der Waals surface area contributed by atoms with Gasteiger partial charge in [0.05, 0.1) is 24.2 Å². The minimum atomic E-state index is -3.77. The molecular weight excluding hydrogens is 400 g/mol. The molecule has 28 heavy (non-hydrogen) atoms. The first kappa shape index (κ1) is 20.6. The number of hydrogen-bond donors (Lipinski definition) is 1. The van der Waals surface area contributed by atoms with Crippen molar-refractivity contribution in [2.24, 2.45) is 0 Å². The molecule has 0 bridgehead atoms. The number of fused-ring (bicyclic) bond motifs is 1. The lowest BCUT2D eigenvalue weighted by Crippen LogP contribution is -2.35. The summed E-state index contributed by atoms with van der Waals surface area (Å²) in [6, 6.07) is 10.1. The van der Waals surface area contributed by atoms with E-state index in [1.165, 1.54) is 19.7 Å². The molecule has 0 saturated carbocycles. The summed E-state index contributed by atoms with van der Waals surface area (Å²) in [5.74, 6) is -0.0393. The van der Waals surface area contributed by atoms with E-state index in [4.69, 9.17) is 16.3 Å². The van der Waals surface area contributed by atoms with E-state index in [9.17, 15) is 13.2 Å². The molecule has 0 aliphatic heterocycles. The Balaban J connectivity index is 1.74. The van der Waals surface area contributed by atoms with Gasteiger partial charge in [-0.05, 0) is 67.1 Å². The first-order chi connectivity index (χ1) is 13.3. The van der Waals surface area contributed by atoms with Gasteiger partial charge in [-0.15, -0.1) is 0 Å². The van der Waals surface area contributed by atoms with Crippen molar-refractivity contribution in [1.29, 1.82) is 0 Å². The number of aryl methyl sites for hydroxylation is 2. The van der Waals surface area contributed by atoms with E-state index in [2.05, 4.69) is 5.32 Å². The highest BCUT2D eigenvalue weighted by atomic mass is 35.5. The van der Waals surface area contributed by atoms with Gasteiger partial charge in [-0.1, -0.05) is 17.7 Å². The molecule has 0 spiro atoms. The highest BCUT2D eigenvalue weighted by molar-refractivity contribution is 7.89. The molecule has 0 unspecified atom stereocenters. The molecule has 0 saturated heterocycles. The Kier molecular flexibility index (Phi) is 6.27. The maximum absolute atomic E-state index is 12.9. The molecule has 0 aromatic heterocycles. The molecule has 8 heteroatoms. The fraction of sp³-hybridized carbons (Fsp3) is 0.350. The number of nitrogens with one attached hydrogen (secondary N) is 1. The fourth-order valence-electron chi connectivity index (χ4n) is 3.31. The van der Waals surface area contributed by atoms with E-state index >= 15 is 0 Å². The summed E-state index contributed by atoms with van der Waals surface area (Å²) in [5.41, 5.74) is 2.67. The molecular formula is C20H23ClN2O4S. The molecule has 0 fully saturated rings. The number of rotatable bonds is 6. The smallest absolute Gasteiger partial charge is 0.243 e. The largest absolute Gasteiger partial charge is 0.495 e. The Morgan fingerprint density at radius 1 is 1.14 bits per heavy atom. The summed E-state index contributed by atoms with van der Waals surface area (Å²) in [7, 11) is -0.898. The van der Waals surface area contributed by atoms with Crippen molar-refractivity contribution in [2.45, 2.75) is 30.6 Å². The van der Waals surface area contributed by atoms with Gasteiger partial charge in [0.25, 0.3) is 0 Å². The summed E-state index contributed by atoms with van der Waals surface area (Å²) in [6.45, 7) is -0.324. The SMILES string of the molecule is COc1ccc(Cl)cc1NC(=O)CN(C)S(=O)(=O)c1ccc2c(c1)CCCC2. The fourth-order valence-corrected chi connectivity index (χ4v) is 4.66. The molecule has 1 amide bonds. The number of nitrogens with zero attached hydrogens (tertiary/aromatic N) is 1. The highest BCUT2D eigenvalue weighted by Gasteiger charge is 2.24. The van der Waals surface area contributed by atoms with Crippen LogP contribution in [0.1, 0.15) is 24.0 Å². The summed E-state index contributed by atoms with van der Waals surface area (Å²) in [5, 5.41) is 3.09. The van der Waals surface area contributed by atoms with E-state index < -0.39 is 15.9 Å². The van der Waals surface area contributed by atoms with Crippen molar-refractivity contribution in [1.82, 2.24) is 4.31 Å². The molecule has 2 aromatic carbocycles. The molecule has 150 valence electrons. The van der Waals surface area contributed by atoms with Crippen LogP contribution in [0.5, 0.6) is 5.75 Å². The number of benzene rings is 2. The number of amides is 1. The minimum absolute atomic E-state index is 0.212. The standard InChI is InChI=1S/C20H23ClN2O4S/c1-23(13-20(24)22-18-12-16(21)8-10-19(18)27-2)28(25,26)17-9-7-14-5-3-4-6-15(14)11-17/h7-12H,3-6,13H2,1-2H3,(H,22,24). The van der Waals surface area contributed by atoms with Gasteiger partial charge in [0.15, 0.2) is 0 Å². The van der Waals surface area contributed by atoms with Crippen LogP contribution in [0.4, 0.5) is 5.69 Å². The molecule has 0 radical (unpaired) electrons. The molecule has 0 atom stereocenters. The quantitative estimate of drug-likeness (QED) is 0.773. The number of carbonyl (C=O) groups is 1. The van der Waals surface area contributed by atoms with E-state index in [1.807, 2.05) is 6.07 Å². The van der Waals surface area contributed by atoms with Crippen LogP contribution in [0.15, 0.2) is 41.3 Å². The first-order valence-electron chi connectivity index (χ1n) is 9.03. The Morgan fingerprint density at radius 2 is 1.86 bits per heavy atom. The van der Waals surface area contributed by atoms with E-state index in [0.717, 1.165) is 35.6 Å².